The Bertz CT molecular complexity index is 1150. The smallest absolute Gasteiger partial charge is 0.265 e. The van der Waals surface area contributed by atoms with Crippen molar-refractivity contribution in [1.82, 2.24) is 10.5 Å². The van der Waals surface area contributed by atoms with Crippen LogP contribution in [-0.2, 0) is 11.3 Å². The Hall–Kier alpha value is -3.74. The molecule has 4 aromatic rings. The Morgan fingerprint density at radius 2 is 1.76 bits per heavy atom. The van der Waals surface area contributed by atoms with Gasteiger partial charge in [0.05, 0.1) is 6.54 Å². The lowest BCUT2D eigenvalue weighted by Gasteiger charge is -2.30. The van der Waals surface area contributed by atoms with E-state index in [2.05, 4.69) is 10.5 Å². The van der Waals surface area contributed by atoms with Crippen LogP contribution in [0, 0.1) is 0 Å². The van der Waals surface area contributed by atoms with Crippen molar-refractivity contribution in [2.24, 2.45) is 0 Å². The van der Waals surface area contributed by atoms with Gasteiger partial charge in [0, 0.05) is 11.5 Å². The summed E-state index contributed by atoms with van der Waals surface area (Å²) in [7, 11) is 0. The molecule has 2 aromatic carbocycles. The van der Waals surface area contributed by atoms with Gasteiger partial charge in [0.15, 0.2) is 17.3 Å². The molecule has 0 unspecified atom stereocenters. The zero-order chi connectivity index (χ0) is 19.8. The minimum Gasteiger partial charge on any atom is -0.482 e. The topological polar surface area (TPSA) is 86.7 Å². The molecular formula is C22H18N2O5. The molecule has 5 rings (SSSR count). The molecule has 29 heavy (non-hydrogen) atoms. The molecule has 7 nitrogen and oxygen atoms in total. The maximum atomic E-state index is 12.6. The van der Waals surface area contributed by atoms with Gasteiger partial charge in [0.1, 0.15) is 17.4 Å². The molecule has 0 radical (unpaired) electrons. The number of rotatable bonds is 4. The van der Waals surface area contributed by atoms with Crippen molar-refractivity contribution in [3.63, 3.8) is 0 Å². The third-order valence-corrected chi connectivity index (χ3v) is 4.77. The summed E-state index contributed by atoms with van der Waals surface area (Å²) in [6.45, 7) is 2.01. The fraction of sp³-hybridized carbons (Fsp3) is 0.182. The third-order valence-electron chi connectivity index (χ3n) is 4.77. The Balaban J connectivity index is 1.25. The summed E-state index contributed by atoms with van der Waals surface area (Å²) in [4.78, 5) is 12.6. The lowest BCUT2D eigenvalue weighted by atomic mass is 10.1. The standard InChI is InChI=1S/C22H18N2O5/c1-13-21(28-18-9-5-4-8-17(18)26-13)22(25)23-12-15-11-20(29-24-15)19-10-14-6-2-3-7-16(14)27-19/h2-11,13,21H,12H2,1H3,(H,23,25)/t13-,21+/m1/s1. The van der Waals surface area contributed by atoms with Crippen LogP contribution in [0.1, 0.15) is 12.6 Å². The zero-order valence-electron chi connectivity index (χ0n) is 15.6. The lowest BCUT2D eigenvalue weighted by Crippen LogP contribution is -2.48. The van der Waals surface area contributed by atoms with Gasteiger partial charge in [-0.25, -0.2) is 0 Å². The molecule has 0 saturated carbocycles. The van der Waals surface area contributed by atoms with E-state index >= 15 is 0 Å². The molecule has 2 atom stereocenters. The molecule has 0 saturated heterocycles. The number of amides is 1. The number of benzene rings is 2. The first-order chi connectivity index (χ1) is 14.2. The fourth-order valence-electron chi connectivity index (χ4n) is 3.30. The average Bonchev–Trinajstić information content (AvgIpc) is 3.38. The molecule has 1 amide bonds. The highest BCUT2D eigenvalue weighted by Gasteiger charge is 2.34. The summed E-state index contributed by atoms with van der Waals surface area (Å²) in [5.74, 6) is 2.01. The zero-order valence-corrected chi connectivity index (χ0v) is 15.6. The predicted octanol–water partition coefficient (Wildman–Crippen LogP) is 3.93. The molecule has 0 aliphatic carbocycles. The highest BCUT2D eigenvalue weighted by atomic mass is 16.6. The Labute approximate surface area is 166 Å². The minimum atomic E-state index is -0.744. The minimum absolute atomic E-state index is 0.205. The van der Waals surface area contributed by atoms with Crippen LogP contribution in [0.5, 0.6) is 11.5 Å². The first-order valence-corrected chi connectivity index (χ1v) is 9.32. The number of nitrogens with zero attached hydrogens (tertiary/aromatic N) is 1. The van der Waals surface area contributed by atoms with E-state index in [1.54, 1.807) is 19.1 Å². The van der Waals surface area contributed by atoms with Crippen molar-refractivity contribution in [3.05, 3.63) is 66.4 Å². The van der Waals surface area contributed by atoms with Gasteiger partial charge in [-0.1, -0.05) is 35.5 Å². The average molecular weight is 390 g/mol. The molecule has 0 bridgehead atoms. The van der Waals surface area contributed by atoms with Gasteiger partial charge in [0.2, 0.25) is 11.9 Å². The van der Waals surface area contributed by atoms with Crippen LogP contribution in [0.2, 0.25) is 0 Å². The molecule has 3 heterocycles. The summed E-state index contributed by atoms with van der Waals surface area (Å²) in [6.07, 6.45) is -1.15. The number of furan rings is 1. The van der Waals surface area contributed by atoms with Crippen LogP contribution >= 0.6 is 0 Å². The number of hydrogen-bond acceptors (Lipinski definition) is 6. The molecule has 146 valence electrons. The number of carbonyl (C=O) groups excluding carboxylic acids is 1. The highest BCUT2D eigenvalue weighted by molar-refractivity contribution is 5.83. The SMILES string of the molecule is C[C@H]1Oc2ccccc2O[C@@H]1C(=O)NCc1cc(-c2cc3ccccc3o2)on1. The molecule has 0 spiro atoms. The lowest BCUT2D eigenvalue weighted by molar-refractivity contribution is -0.133. The van der Waals surface area contributed by atoms with E-state index in [9.17, 15) is 4.79 Å². The Morgan fingerprint density at radius 1 is 1.00 bits per heavy atom. The Kier molecular flexibility index (Phi) is 4.20. The monoisotopic (exact) mass is 390 g/mol. The molecule has 7 heteroatoms. The van der Waals surface area contributed by atoms with E-state index in [1.165, 1.54) is 0 Å². The van der Waals surface area contributed by atoms with Crippen LogP contribution in [0.15, 0.2) is 69.6 Å². The maximum absolute atomic E-state index is 12.6. The van der Waals surface area contributed by atoms with Gasteiger partial charge in [0.25, 0.3) is 5.91 Å². The van der Waals surface area contributed by atoms with E-state index in [0.717, 1.165) is 11.0 Å². The fourth-order valence-corrected chi connectivity index (χ4v) is 3.30. The molecular weight excluding hydrogens is 372 g/mol. The van der Waals surface area contributed by atoms with E-state index in [4.69, 9.17) is 18.4 Å². The van der Waals surface area contributed by atoms with E-state index in [0.29, 0.717) is 28.7 Å². The second kappa shape index (κ2) is 7.01. The van der Waals surface area contributed by atoms with Crippen LogP contribution in [0.25, 0.3) is 22.5 Å². The summed E-state index contributed by atoms with van der Waals surface area (Å²) in [5.41, 5.74) is 1.36. The quantitative estimate of drug-likeness (QED) is 0.568. The van der Waals surface area contributed by atoms with Gasteiger partial charge >= 0.3 is 0 Å². The number of carbonyl (C=O) groups is 1. The summed E-state index contributed by atoms with van der Waals surface area (Å²) in [5, 5.41) is 7.82. The van der Waals surface area contributed by atoms with E-state index in [1.807, 2.05) is 48.5 Å². The molecule has 1 N–H and O–H groups in total. The number of nitrogens with one attached hydrogen (secondary N) is 1. The maximum Gasteiger partial charge on any atom is 0.265 e. The first kappa shape index (κ1) is 17.4. The molecule has 2 aromatic heterocycles. The van der Waals surface area contributed by atoms with Crippen LogP contribution in [0.4, 0.5) is 0 Å². The number of ether oxygens (including phenoxy) is 2. The summed E-state index contributed by atoms with van der Waals surface area (Å²) >= 11 is 0. The highest BCUT2D eigenvalue weighted by Crippen LogP contribution is 2.33. The van der Waals surface area contributed by atoms with Crippen molar-refractivity contribution in [3.8, 4) is 23.0 Å². The van der Waals surface area contributed by atoms with Crippen molar-refractivity contribution in [1.29, 1.82) is 0 Å². The van der Waals surface area contributed by atoms with Gasteiger partial charge in [-0.05, 0) is 31.2 Å². The van der Waals surface area contributed by atoms with Crippen molar-refractivity contribution < 1.29 is 23.2 Å². The second-order valence-electron chi connectivity index (χ2n) is 6.86. The second-order valence-corrected chi connectivity index (χ2v) is 6.86. The van der Waals surface area contributed by atoms with Gasteiger partial charge < -0.3 is 23.7 Å². The van der Waals surface area contributed by atoms with E-state index < -0.39 is 12.2 Å². The van der Waals surface area contributed by atoms with E-state index in [-0.39, 0.29) is 12.5 Å². The van der Waals surface area contributed by atoms with Gasteiger partial charge in [-0.3, -0.25) is 4.79 Å². The van der Waals surface area contributed by atoms with Crippen LogP contribution < -0.4 is 14.8 Å². The predicted molar refractivity (Wildman–Crippen MR) is 105 cm³/mol. The van der Waals surface area contributed by atoms with Gasteiger partial charge in [-0.2, -0.15) is 0 Å². The van der Waals surface area contributed by atoms with Gasteiger partial charge in [-0.15, -0.1) is 0 Å². The first-order valence-electron chi connectivity index (χ1n) is 9.32. The van der Waals surface area contributed by atoms with Crippen molar-refractivity contribution in [2.75, 3.05) is 0 Å². The normalized spacial score (nSPS) is 18.0. The summed E-state index contributed by atoms with van der Waals surface area (Å²) < 4.78 is 22.7. The number of aromatic nitrogens is 1. The molecule has 1 aliphatic rings. The number of hydrogen-bond donors (Lipinski definition) is 1. The largest absolute Gasteiger partial charge is 0.482 e. The number of fused-ring (bicyclic) bond motifs is 2. The van der Waals surface area contributed by atoms with Crippen LogP contribution in [-0.4, -0.2) is 23.3 Å². The van der Waals surface area contributed by atoms with Crippen molar-refractivity contribution in [2.45, 2.75) is 25.7 Å². The Morgan fingerprint density at radius 3 is 2.59 bits per heavy atom. The number of para-hydroxylation sites is 3. The molecule has 0 fully saturated rings. The van der Waals surface area contributed by atoms with Crippen molar-refractivity contribution >= 4 is 16.9 Å². The van der Waals surface area contributed by atoms with Crippen LogP contribution in [0.3, 0.4) is 0 Å². The third kappa shape index (κ3) is 3.31. The summed E-state index contributed by atoms with van der Waals surface area (Å²) in [6, 6.07) is 18.6. The molecule has 1 aliphatic heterocycles.